The molecule has 0 aliphatic carbocycles. The topological polar surface area (TPSA) is 74.1 Å². The second-order valence-corrected chi connectivity index (χ2v) is 8.32. The molecule has 2 aromatic carbocycles. The highest BCUT2D eigenvalue weighted by molar-refractivity contribution is 5.90. The van der Waals surface area contributed by atoms with Crippen molar-refractivity contribution in [3.05, 3.63) is 70.8 Å². The summed E-state index contributed by atoms with van der Waals surface area (Å²) < 4.78 is 79.7. The van der Waals surface area contributed by atoms with Gasteiger partial charge in [-0.3, -0.25) is 0 Å². The molecule has 0 aromatic heterocycles. The maximum absolute atomic E-state index is 12.5. The third kappa shape index (κ3) is 7.68. The zero-order chi connectivity index (χ0) is 26.4. The maximum atomic E-state index is 12.5. The Labute approximate surface area is 199 Å². The first-order valence-electron chi connectivity index (χ1n) is 10.7. The van der Waals surface area contributed by atoms with Gasteiger partial charge in [-0.2, -0.15) is 26.3 Å². The second kappa shape index (κ2) is 11.4. The molecule has 194 valence electrons. The third-order valence-corrected chi connectivity index (χ3v) is 5.95. The molecule has 0 saturated carbocycles. The summed E-state index contributed by atoms with van der Waals surface area (Å²) in [6, 6.07) is 11.8. The van der Waals surface area contributed by atoms with E-state index < -0.39 is 35.2 Å². The van der Waals surface area contributed by atoms with E-state index in [4.69, 9.17) is 9.94 Å². The van der Waals surface area contributed by atoms with Gasteiger partial charge < -0.3 is 20.4 Å². The standard InChI is InChI=1S/C13H18N2O2.C11H10F6O/c1-10(15-17)13(16)8-7-12(14-9-13)11-5-3-2-4-6-11;1-6(18-2)7-3-8(10(12,13)14)5-9(4-7)11(15,16)17/h2-6,12,14,16-17H,7-9H2,1H3;3-6H,1-2H3/b15-10+;/t12-,13?;6-/m01/s1. The molecule has 2 aromatic rings. The van der Waals surface area contributed by atoms with E-state index in [1.807, 2.05) is 18.2 Å². The molecule has 0 bridgehead atoms. The highest BCUT2D eigenvalue weighted by Gasteiger charge is 2.38. The first-order chi connectivity index (χ1) is 16.2. The second-order valence-electron chi connectivity index (χ2n) is 8.32. The van der Waals surface area contributed by atoms with Crippen molar-refractivity contribution in [1.82, 2.24) is 5.32 Å². The van der Waals surface area contributed by atoms with Crippen LogP contribution in [0.3, 0.4) is 0 Å². The smallest absolute Gasteiger partial charge is 0.411 e. The molecule has 11 heteroatoms. The maximum Gasteiger partial charge on any atom is 0.416 e. The van der Waals surface area contributed by atoms with E-state index in [9.17, 15) is 31.4 Å². The van der Waals surface area contributed by atoms with Crippen LogP contribution in [-0.2, 0) is 17.1 Å². The SMILES string of the molecule is C/C(=N\O)C1(O)CC[C@@H](c2ccccc2)NC1.CO[C@H](C)c1cc(C(F)(F)F)cc(C(F)(F)F)c1. The van der Waals surface area contributed by atoms with Crippen molar-refractivity contribution in [3.8, 4) is 0 Å². The highest BCUT2D eigenvalue weighted by atomic mass is 19.4. The number of halogens is 6. The van der Waals surface area contributed by atoms with Crippen LogP contribution in [0.4, 0.5) is 26.3 Å². The van der Waals surface area contributed by atoms with Crippen LogP contribution >= 0.6 is 0 Å². The van der Waals surface area contributed by atoms with Crippen molar-refractivity contribution in [2.24, 2.45) is 5.16 Å². The molecule has 1 fully saturated rings. The molecule has 3 N–H and O–H groups in total. The summed E-state index contributed by atoms with van der Waals surface area (Å²) >= 11 is 0. The van der Waals surface area contributed by atoms with E-state index in [0.717, 1.165) is 6.42 Å². The Morgan fingerprint density at radius 1 is 1.06 bits per heavy atom. The lowest BCUT2D eigenvalue weighted by atomic mass is 9.85. The van der Waals surface area contributed by atoms with Crippen LogP contribution in [0, 0.1) is 0 Å². The van der Waals surface area contributed by atoms with Gasteiger partial charge in [0.05, 0.1) is 22.9 Å². The fourth-order valence-corrected chi connectivity index (χ4v) is 3.59. The number of hydrogen-bond donors (Lipinski definition) is 3. The van der Waals surface area contributed by atoms with Crippen molar-refractivity contribution in [2.45, 2.75) is 56.8 Å². The van der Waals surface area contributed by atoms with E-state index in [1.54, 1.807) is 6.92 Å². The van der Waals surface area contributed by atoms with Crippen LogP contribution in [0.25, 0.3) is 0 Å². The summed E-state index contributed by atoms with van der Waals surface area (Å²) in [6.45, 7) is 3.43. The van der Waals surface area contributed by atoms with Crippen LogP contribution < -0.4 is 5.32 Å². The number of nitrogens with zero attached hydrogens (tertiary/aromatic N) is 1. The number of nitrogens with one attached hydrogen (secondary N) is 1. The van der Waals surface area contributed by atoms with Gasteiger partial charge in [-0.05, 0) is 56.0 Å². The zero-order valence-electron chi connectivity index (χ0n) is 19.4. The van der Waals surface area contributed by atoms with E-state index in [-0.39, 0.29) is 17.7 Å². The Hall–Kier alpha value is -2.63. The largest absolute Gasteiger partial charge is 0.416 e. The molecule has 5 nitrogen and oxygen atoms in total. The molecule has 0 spiro atoms. The van der Waals surface area contributed by atoms with E-state index in [0.29, 0.717) is 30.8 Å². The van der Waals surface area contributed by atoms with Gasteiger partial charge in [0.2, 0.25) is 0 Å². The molecular formula is C24H28F6N2O3. The number of β-amino-alcohol motifs (C(OH)–C–C–N with tert-alkyl or cyclic N) is 1. The predicted octanol–water partition coefficient (Wildman–Crippen LogP) is 6.12. The summed E-state index contributed by atoms with van der Waals surface area (Å²) in [7, 11) is 1.21. The van der Waals surface area contributed by atoms with Crippen LogP contribution in [-0.4, -0.2) is 35.3 Å². The van der Waals surface area contributed by atoms with Gasteiger partial charge in [-0.25, -0.2) is 0 Å². The first-order valence-corrected chi connectivity index (χ1v) is 10.7. The Morgan fingerprint density at radius 2 is 1.60 bits per heavy atom. The molecule has 1 aliphatic heterocycles. The zero-order valence-corrected chi connectivity index (χ0v) is 19.4. The van der Waals surface area contributed by atoms with Gasteiger partial charge in [0, 0.05) is 19.7 Å². The molecule has 1 heterocycles. The third-order valence-electron chi connectivity index (χ3n) is 5.95. The number of hydrogen-bond acceptors (Lipinski definition) is 5. The van der Waals surface area contributed by atoms with Gasteiger partial charge in [-0.15, -0.1) is 0 Å². The number of rotatable bonds is 4. The number of oxime groups is 1. The van der Waals surface area contributed by atoms with Crippen LogP contribution in [0.15, 0.2) is 53.7 Å². The predicted molar refractivity (Wildman–Crippen MR) is 118 cm³/mol. The van der Waals surface area contributed by atoms with Gasteiger partial charge in [0.25, 0.3) is 0 Å². The first kappa shape index (κ1) is 28.6. The molecule has 3 atom stereocenters. The molecule has 35 heavy (non-hydrogen) atoms. The number of piperidine rings is 1. The number of methoxy groups -OCH3 is 1. The van der Waals surface area contributed by atoms with Gasteiger partial charge in [-0.1, -0.05) is 35.5 Å². The Morgan fingerprint density at radius 3 is 2.00 bits per heavy atom. The minimum absolute atomic E-state index is 0.0892. The molecular weight excluding hydrogens is 478 g/mol. The summed E-state index contributed by atoms with van der Waals surface area (Å²) in [5.74, 6) is 0. The van der Waals surface area contributed by atoms with Crippen LogP contribution in [0.5, 0.6) is 0 Å². The normalized spacial score (nSPS) is 22.2. The highest BCUT2D eigenvalue weighted by Crippen LogP contribution is 2.37. The van der Waals surface area contributed by atoms with Crippen molar-refractivity contribution in [1.29, 1.82) is 0 Å². The van der Waals surface area contributed by atoms with Gasteiger partial charge >= 0.3 is 12.4 Å². The Kier molecular flexibility index (Phi) is 9.32. The number of ether oxygens (including phenoxy) is 1. The van der Waals surface area contributed by atoms with Crippen molar-refractivity contribution >= 4 is 5.71 Å². The van der Waals surface area contributed by atoms with Crippen molar-refractivity contribution in [2.75, 3.05) is 13.7 Å². The molecule has 1 unspecified atom stereocenters. The summed E-state index contributed by atoms with van der Waals surface area (Å²) in [5, 5.41) is 25.4. The fourth-order valence-electron chi connectivity index (χ4n) is 3.59. The average Bonchev–Trinajstić information content (AvgIpc) is 2.83. The van der Waals surface area contributed by atoms with Crippen molar-refractivity contribution < 1.29 is 41.4 Å². The average molecular weight is 506 g/mol. The summed E-state index contributed by atoms with van der Waals surface area (Å²) in [5.41, 5.74) is -2.25. The lowest BCUT2D eigenvalue weighted by Crippen LogP contribution is -2.51. The summed E-state index contributed by atoms with van der Waals surface area (Å²) in [6.07, 6.45) is -9.08. The molecule has 3 rings (SSSR count). The minimum atomic E-state index is -4.83. The lowest BCUT2D eigenvalue weighted by Gasteiger charge is -2.36. The fraction of sp³-hybridized carbons (Fsp3) is 0.458. The molecule has 1 saturated heterocycles. The van der Waals surface area contributed by atoms with E-state index >= 15 is 0 Å². The molecule has 0 amide bonds. The van der Waals surface area contributed by atoms with E-state index in [2.05, 4.69) is 22.6 Å². The monoisotopic (exact) mass is 506 g/mol. The number of alkyl halides is 6. The Balaban J connectivity index is 0.000000247. The number of benzene rings is 2. The quantitative estimate of drug-likeness (QED) is 0.202. The van der Waals surface area contributed by atoms with Gasteiger partial charge in [0.15, 0.2) is 0 Å². The lowest BCUT2D eigenvalue weighted by molar-refractivity contribution is -0.143. The van der Waals surface area contributed by atoms with Gasteiger partial charge in [0.1, 0.15) is 5.60 Å². The van der Waals surface area contributed by atoms with Crippen LogP contribution in [0.2, 0.25) is 0 Å². The van der Waals surface area contributed by atoms with Crippen LogP contribution in [0.1, 0.15) is 61.1 Å². The molecule has 1 aliphatic rings. The van der Waals surface area contributed by atoms with E-state index in [1.165, 1.54) is 19.6 Å². The number of aliphatic hydroxyl groups is 1. The Bertz CT molecular complexity index is 953. The van der Waals surface area contributed by atoms with Crippen molar-refractivity contribution in [3.63, 3.8) is 0 Å². The molecule has 0 radical (unpaired) electrons. The minimum Gasteiger partial charge on any atom is -0.411 e. The summed E-state index contributed by atoms with van der Waals surface area (Å²) in [4.78, 5) is 0.